The lowest BCUT2D eigenvalue weighted by Gasteiger charge is -2.10. The number of hydrogen-bond donors (Lipinski definition) is 2. The number of aromatic nitrogens is 5. The summed E-state index contributed by atoms with van der Waals surface area (Å²) in [7, 11) is 0. The van der Waals surface area contributed by atoms with Crippen molar-refractivity contribution < 1.29 is 24.2 Å². The smallest absolute Gasteiger partial charge is 0.338 e. The van der Waals surface area contributed by atoms with Crippen LogP contribution in [0.2, 0.25) is 0 Å². The first kappa shape index (κ1) is 34.1. The van der Waals surface area contributed by atoms with Gasteiger partial charge in [0.2, 0.25) is 0 Å². The van der Waals surface area contributed by atoms with Crippen LogP contribution in [0.25, 0.3) is 43.3 Å². The molecule has 11 nitrogen and oxygen atoms in total. The molecule has 5 aromatic heterocycles. The number of carboxylic acid groups (broad SMARTS) is 1. The Kier molecular flexibility index (Phi) is 9.45. The molecule has 0 radical (unpaired) electrons. The largest absolute Gasteiger partial charge is 0.478 e. The summed E-state index contributed by atoms with van der Waals surface area (Å²) in [6, 6.07) is 32.5. The molecule has 0 spiro atoms. The number of pyridine rings is 1. The predicted octanol–water partition coefficient (Wildman–Crippen LogP) is 8.98. The summed E-state index contributed by atoms with van der Waals surface area (Å²) in [6.07, 6.45) is 7.59. The van der Waals surface area contributed by atoms with E-state index in [9.17, 15) is 14.4 Å². The highest BCUT2D eigenvalue weighted by Crippen LogP contribution is 2.27. The first-order valence-corrected chi connectivity index (χ1v) is 18.4. The molecule has 1 amide bonds. The predicted molar refractivity (Wildman–Crippen MR) is 209 cm³/mol. The van der Waals surface area contributed by atoms with Gasteiger partial charge in [-0.05, 0) is 48.0 Å². The van der Waals surface area contributed by atoms with Gasteiger partial charge in [0.25, 0.3) is 5.91 Å². The number of nitrogens with zero attached hydrogens (tertiary/aromatic N) is 5. The van der Waals surface area contributed by atoms with Crippen molar-refractivity contribution in [3.05, 3.63) is 167 Å². The molecule has 13 heteroatoms. The number of rotatable bonds is 8. The van der Waals surface area contributed by atoms with E-state index in [-0.39, 0.29) is 18.1 Å². The summed E-state index contributed by atoms with van der Waals surface area (Å²) < 4.78 is 9.25. The van der Waals surface area contributed by atoms with Gasteiger partial charge in [0.15, 0.2) is 9.92 Å². The van der Waals surface area contributed by atoms with E-state index in [1.807, 2.05) is 105 Å². The highest BCUT2D eigenvalue weighted by Gasteiger charge is 2.17. The number of imidazole rings is 2. The second kappa shape index (κ2) is 14.9. The number of amides is 1. The normalized spacial score (nSPS) is 11.0. The fraction of sp³-hybridized carbons (Fsp3) is 0.0244. The Labute approximate surface area is 315 Å². The number of carbonyl (C=O) groups is 3. The molecule has 0 unspecified atom stereocenters. The molecule has 4 aromatic carbocycles. The molecule has 0 aliphatic heterocycles. The van der Waals surface area contributed by atoms with Crippen LogP contribution < -0.4 is 5.32 Å². The molecular weight excluding hydrogens is 721 g/mol. The molecule has 0 saturated carbocycles. The standard InChI is InChI=1S/C29H20N4O3S.C12H8N2O2S/c34-27(23-9-5-4-8-22(23)25-17-33-14-15-37-29(33)31-25)32-26-13-11-20-16-21(10-12-24(20)30-26)28(35)36-18-19-6-2-1-3-7-19;15-11(16)9-4-2-1-3-8(9)10-7-14-5-6-17-12(14)13-10/h1-17H,18H2,(H,30,32,34);1-7H,(H,15,16). The molecule has 9 rings (SSSR count). The fourth-order valence-corrected chi connectivity index (χ4v) is 7.22. The van der Waals surface area contributed by atoms with E-state index < -0.39 is 11.9 Å². The van der Waals surface area contributed by atoms with Crippen molar-refractivity contribution in [1.82, 2.24) is 23.8 Å². The Morgan fingerprint density at radius 1 is 0.685 bits per heavy atom. The van der Waals surface area contributed by atoms with E-state index >= 15 is 0 Å². The summed E-state index contributed by atoms with van der Waals surface area (Å²) in [5.74, 6) is -1.20. The minimum absolute atomic E-state index is 0.208. The molecule has 0 atom stereocenters. The number of ether oxygens (including phenoxy) is 1. The van der Waals surface area contributed by atoms with E-state index in [0.29, 0.717) is 33.7 Å². The average molecular weight is 749 g/mol. The maximum Gasteiger partial charge on any atom is 0.338 e. The van der Waals surface area contributed by atoms with Crippen molar-refractivity contribution in [3.8, 4) is 22.5 Å². The van der Waals surface area contributed by atoms with Gasteiger partial charge < -0.3 is 15.2 Å². The summed E-state index contributed by atoms with van der Waals surface area (Å²) in [5, 5.41) is 16.7. The molecule has 264 valence electrons. The highest BCUT2D eigenvalue weighted by atomic mass is 32.1. The molecule has 0 fully saturated rings. The van der Waals surface area contributed by atoms with Gasteiger partial charge in [-0.25, -0.2) is 24.5 Å². The van der Waals surface area contributed by atoms with Gasteiger partial charge in [-0.1, -0.05) is 66.7 Å². The zero-order valence-electron chi connectivity index (χ0n) is 28.2. The summed E-state index contributed by atoms with van der Waals surface area (Å²) in [5.41, 5.74) is 5.62. The molecular formula is C41H28N6O5S2. The number of benzene rings is 4. The molecule has 2 N–H and O–H groups in total. The molecule has 0 aliphatic rings. The molecule has 0 bridgehead atoms. The Bertz CT molecular complexity index is 2750. The van der Waals surface area contributed by atoms with E-state index in [1.165, 1.54) is 22.7 Å². The first-order chi connectivity index (χ1) is 26.4. The number of nitrogens with one attached hydrogen (secondary N) is 1. The lowest BCUT2D eigenvalue weighted by molar-refractivity contribution is 0.0472. The van der Waals surface area contributed by atoms with Gasteiger partial charge in [0, 0.05) is 57.6 Å². The van der Waals surface area contributed by atoms with Crippen molar-refractivity contribution in [3.63, 3.8) is 0 Å². The van der Waals surface area contributed by atoms with Crippen molar-refractivity contribution in [2.75, 3.05) is 5.32 Å². The van der Waals surface area contributed by atoms with Crippen molar-refractivity contribution >= 4 is 67.2 Å². The van der Waals surface area contributed by atoms with Crippen LogP contribution in [-0.2, 0) is 11.3 Å². The van der Waals surface area contributed by atoms with Gasteiger partial charge in [0.05, 0.1) is 28.0 Å². The van der Waals surface area contributed by atoms with Crippen molar-refractivity contribution in [1.29, 1.82) is 0 Å². The molecule has 5 heterocycles. The van der Waals surface area contributed by atoms with E-state index in [4.69, 9.17) is 9.84 Å². The SMILES string of the molecule is O=C(O)c1ccccc1-c1cn2ccsc2n1.O=C(OCc1ccccc1)c1ccc2nc(NC(=O)c3ccccc3-c3cn4ccsc4n3)ccc2c1. The highest BCUT2D eigenvalue weighted by molar-refractivity contribution is 7.15. The Balaban J connectivity index is 0.000000202. The van der Waals surface area contributed by atoms with Crippen LogP contribution in [0.1, 0.15) is 36.6 Å². The van der Waals surface area contributed by atoms with Crippen molar-refractivity contribution in [2.24, 2.45) is 0 Å². The number of anilines is 1. The third kappa shape index (κ3) is 7.21. The summed E-state index contributed by atoms with van der Waals surface area (Å²) in [6.45, 7) is 0.208. The number of carbonyl (C=O) groups excluding carboxylic acids is 2. The van der Waals surface area contributed by atoms with Crippen LogP contribution in [0.5, 0.6) is 0 Å². The monoisotopic (exact) mass is 748 g/mol. The lowest BCUT2D eigenvalue weighted by Crippen LogP contribution is -2.14. The van der Waals surface area contributed by atoms with Gasteiger partial charge in [0.1, 0.15) is 12.4 Å². The molecule has 0 aliphatic carbocycles. The van der Waals surface area contributed by atoms with E-state index in [2.05, 4.69) is 20.3 Å². The zero-order valence-corrected chi connectivity index (χ0v) is 29.8. The summed E-state index contributed by atoms with van der Waals surface area (Å²) in [4.78, 5) is 52.1. The number of aromatic carboxylic acids is 1. The minimum atomic E-state index is -0.933. The zero-order chi connectivity index (χ0) is 37.0. The van der Waals surface area contributed by atoms with Crippen LogP contribution in [0.15, 0.2) is 145 Å². The third-order valence-electron chi connectivity index (χ3n) is 8.45. The number of carboxylic acids is 1. The van der Waals surface area contributed by atoms with Gasteiger partial charge >= 0.3 is 11.9 Å². The maximum absolute atomic E-state index is 13.2. The molecule has 54 heavy (non-hydrogen) atoms. The van der Waals surface area contributed by atoms with Crippen LogP contribution in [0.3, 0.4) is 0 Å². The average Bonchev–Trinajstić information content (AvgIpc) is 4.01. The topological polar surface area (TPSA) is 140 Å². The van der Waals surface area contributed by atoms with Crippen molar-refractivity contribution in [2.45, 2.75) is 6.61 Å². The Morgan fingerprint density at radius 3 is 1.94 bits per heavy atom. The molecule has 0 saturated heterocycles. The van der Waals surface area contributed by atoms with E-state index in [1.54, 1.807) is 48.5 Å². The van der Waals surface area contributed by atoms with Gasteiger partial charge in [-0.2, -0.15) is 0 Å². The number of hydrogen-bond acceptors (Lipinski definition) is 9. The third-order valence-corrected chi connectivity index (χ3v) is 9.99. The lowest BCUT2D eigenvalue weighted by atomic mass is 10.0. The first-order valence-electron chi connectivity index (χ1n) is 16.6. The van der Waals surface area contributed by atoms with Gasteiger partial charge in [-0.15, -0.1) is 22.7 Å². The van der Waals surface area contributed by atoms with Crippen LogP contribution in [0.4, 0.5) is 5.82 Å². The second-order valence-electron chi connectivity index (χ2n) is 12.0. The second-order valence-corrected chi connectivity index (χ2v) is 13.7. The van der Waals surface area contributed by atoms with Crippen LogP contribution in [0, 0.1) is 0 Å². The number of esters is 1. The Morgan fingerprint density at radius 2 is 1.30 bits per heavy atom. The van der Waals surface area contributed by atoms with E-state index in [0.717, 1.165) is 32.1 Å². The minimum Gasteiger partial charge on any atom is -0.478 e. The van der Waals surface area contributed by atoms with Crippen LogP contribution >= 0.6 is 22.7 Å². The van der Waals surface area contributed by atoms with Crippen LogP contribution in [-0.4, -0.2) is 46.7 Å². The number of fused-ring (bicyclic) bond motifs is 3. The summed E-state index contributed by atoms with van der Waals surface area (Å²) >= 11 is 3.06. The number of thiazole rings is 2. The van der Waals surface area contributed by atoms with Gasteiger partial charge in [-0.3, -0.25) is 13.6 Å². The maximum atomic E-state index is 13.2. The molecule has 9 aromatic rings. The quantitative estimate of drug-likeness (QED) is 0.147. The fourth-order valence-electron chi connectivity index (χ4n) is 5.82. The Hall–Kier alpha value is -6.96.